The second-order valence-corrected chi connectivity index (χ2v) is 7.03. The molecule has 1 amide bonds. The van der Waals surface area contributed by atoms with Crippen molar-refractivity contribution in [3.63, 3.8) is 0 Å². The number of carbonyl (C=O) groups is 1. The molecule has 1 aliphatic rings. The van der Waals surface area contributed by atoms with Crippen LogP contribution in [0.5, 0.6) is 0 Å². The van der Waals surface area contributed by atoms with Gasteiger partial charge in [0.1, 0.15) is 5.01 Å². The number of likely N-dealkylation sites (N-methyl/N-ethyl adjacent to an activating group) is 1. The van der Waals surface area contributed by atoms with Gasteiger partial charge in [0, 0.05) is 24.0 Å². The molecule has 4 nitrogen and oxygen atoms in total. The van der Waals surface area contributed by atoms with Crippen LogP contribution in [0.4, 0.5) is 0 Å². The Morgan fingerprint density at radius 3 is 2.70 bits per heavy atom. The minimum absolute atomic E-state index is 0.164. The second-order valence-electron chi connectivity index (χ2n) is 6.17. The van der Waals surface area contributed by atoms with Crippen molar-refractivity contribution < 1.29 is 4.79 Å². The number of amides is 1. The van der Waals surface area contributed by atoms with Crippen molar-refractivity contribution in [3.8, 4) is 10.6 Å². The number of rotatable bonds is 4. The summed E-state index contributed by atoms with van der Waals surface area (Å²) in [7, 11) is 1.92. The summed E-state index contributed by atoms with van der Waals surface area (Å²) in [5.74, 6) is 0.164. The maximum atomic E-state index is 12.5. The fourth-order valence-corrected chi connectivity index (χ4v) is 3.72. The lowest BCUT2D eigenvalue weighted by atomic mass is 10.0. The van der Waals surface area contributed by atoms with Gasteiger partial charge in [-0.05, 0) is 32.9 Å². The van der Waals surface area contributed by atoms with Crippen molar-refractivity contribution in [3.05, 3.63) is 40.9 Å². The Morgan fingerprint density at radius 1 is 1.30 bits per heavy atom. The number of hydrogen-bond acceptors (Lipinski definition) is 4. The lowest BCUT2D eigenvalue weighted by Gasteiger charge is -2.31. The Balaban J connectivity index is 1.64. The molecular formula is C18H23N3OS. The highest BCUT2D eigenvalue weighted by atomic mass is 32.1. The predicted molar refractivity (Wildman–Crippen MR) is 94.7 cm³/mol. The van der Waals surface area contributed by atoms with Crippen LogP contribution in [0.1, 0.15) is 24.1 Å². The lowest BCUT2D eigenvalue weighted by molar-refractivity contribution is -0.131. The van der Waals surface area contributed by atoms with Crippen molar-refractivity contribution in [2.75, 3.05) is 20.1 Å². The predicted octanol–water partition coefficient (Wildman–Crippen LogP) is 2.87. The van der Waals surface area contributed by atoms with Gasteiger partial charge in [-0.2, -0.15) is 0 Å². The van der Waals surface area contributed by atoms with E-state index in [1.807, 2.05) is 17.3 Å². The van der Waals surface area contributed by atoms with E-state index in [1.165, 1.54) is 5.56 Å². The monoisotopic (exact) mass is 329 g/mol. The Bertz CT molecular complexity index is 659. The number of carbonyl (C=O) groups excluding carboxylic acids is 1. The zero-order valence-electron chi connectivity index (χ0n) is 13.7. The fraction of sp³-hybridized carbons (Fsp3) is 0.444. The molecule has 122 valence electrons. The van der Waals surface area contributed by atoms with Gasteiger partial charge in [-0.15, -0.1) is 11.3 Å². The van der Waals surface area contributed by atoms with E-state index in [0.29, 0.717) is 12.5 Å². The SMILES string of the molecule is Cc1ccc(-c2nc(CC(=O)N(C)C3CCNCC3)cs2)cc1. The van der Waals surface area contributed by atoms with Gasteiger partial charge in [-0.3, -0.25) is 4.79 Å². The third-order valence-corrected chi connectivity index (χ3v) is 5.37. The molecule has 3 rings (SSSR count). The van der Waals surface area contributed by atoms with E-state index >= 15 is 0 Å². The van der Waals surface area contributed by atoms with Crippen molar-refractivity contribution in [1.29, 1.82) is 0 Å². The van der Waals surface area contributed by atoms with Gasteiger partial charge in [0.05, 0.1) is 12.1 Å². The average molecular weight is 329 g/mol. The van der Waals surface area contributed by atoms with E-state index in [0.717, 1.165) is 42.2 Å². The molecule has 0 atom stereocenters. The summed E-state index contributed by atoms with van der Waals surface area (Å²) >= 11 is 1.61. The molecule has 1 saturated heterocycles. The molecule has 0 unspecified atom stereocenters. The van der Waals surface area contributed by atoms with E-state index in [2.05, 4.69) is 41.5 Å². The summed E-state index contributed by atoms with van der Waals surface area (Å²) in [5, 5.41) is 6.32. The molecule has 5 heteroatoms. The minimum Gasteiger partial charge on any atom is -0.342 e. The van der Waals surface area contributed by atoms with Crippen molar-refractivity contribution in [2.24, 2.45) is 0 Å². The Labute approximate surface area is 141 Å². The van der Waals surface area contributed by atoms with Gasteiger partial charge < -0.3 is 10.2 Å². The van der Waals surface area contributed by atoms with Crippen molar-refractivity contribution >= 4 is 17.2 Å². The molecule has 0 bridgehead atoms. The van der Waals surface area contributed by atoms with E-state index < -0.39 is 0 Å². The summed E-state index contributed by atoms with van der Waals surface area (Å²) in [6.45, 7) is 4.07. The molecule has 0 saturated carbocycles. The topological polar surface area (TPSA) is 45.2 Å². The van der Waals surface area contributed by atoms with Crippen LogP contribution < -0.4 is 5.32 Å². The van der Waals surface area contributed by atoms with Gasteiger partial charge >= 0.3 is 0 Å². The molecule has 0 radical (unpaired) electrons. The first-order chi connectivity index (χ1) is 11.1. The van der Waals surface area contributed by atoms with Gasteiger partial charge in [0.15, 0.2) is 0 Å². The number of aryl methyl sites for hydroxylation is 1. The highest BCUT2D eigenvalue weighted by Crippen LogP contribution is 2.24. The van der Waals surface area contributed by atoms with Crippen LogP contribution in [0.15, 0.2) is 29.6 Å². The number of thiazole rings is 1. The van der Waals surface area contributed by atoms with Gasteiger partial charge in [-0.1, -0.05) is 29.8 Å². The molecule has 0 aliphatic carbocycles. The van der Waals surface area contributed by atoms with E-state index in [4.69, 9.17) is 0 Å². The van der Waals surface area contributed by atoms with Crippen LogP contribution in [0.25, 0.3) is 10.6 Å². The third-order valence-electron chi connectivity index (χ3n) is 4.43. The normalized spacial score (nSPS) is 15.6. The lowest BCUT2D eigenvalue weighted by Crippen LogP contribution is -2.44. The maximum absolute atomic E-state index is 12.5. The number of nitrogens with one attached hydrogen (secondary N) is 1. The summed E-state index contributed by atoms with van der Waals surface area (Å²) in [5.41, 5.74) is 3.23. The first-order valence-electron chi connectivity index (χ1n) is 8.11. The molecule has 1 aliphatic heterocycles. The summed E-state index contributed by atoms with van der Waals surface area (Å²) in [6.07, 6.45) is 2.46. The fourth-order valence-electron chi connectivity index (χ4n) is 2.89. The Morgan fingerprint density at radius 2 is 2.00 bits per heavy atom. The summed E-state index contributed by atoms with van der Waals surface area (Å²) in [4.78, 5) is 19.0. The molecule has 0 spiro atoms. The van der Waals surface area contributed by atoms with Gasteiger partial charge in [-0.25, -0.2) is 4.98 Å². The average Bonchev–Trinajstić information content (AvgIpc) is 3.04. The Hall–Kier alpha value is -1.72. The van der Waals surface area contributed by atoms with Crippen LogP contribution in [0.2, 0.25) is 0 Å². The zero-order chi connectivity index (χ0) is 16.2. The number of piperidine rings is 1. The van der Waals surface area contributed by atoms with Crippen LogP contribution >= 0.6 is 11.3 Å². The quantitative estimate of drug-likeness (QED) is 0.938. The molecular weight excluding hydrogens is 306 g/mol. The van der Waals surface area contributed by atoms with Crippen molar-refractivity contribution in [2.45, 2.75) is 32.2 Å². The molecule has 1 N–H and O–H groups in total. The molecule has 23 heavy (non-hydrogen) atoms. The van der Waals surface area contributed by atoms with E-state index in [-0.39, 0.29) is 5.91 Å². The molecule has 2 aromatic rings. The van der Waals surface area contributed by atoms with Gasteiger partial charge in [0.25, 0.3) is 0 Å². The number of benzene rings is 1. The second kappa shape index (κ2) is 7.23. The molecule has 1 fully saturated rings. The van der Waals surface area contributed by atoms with Gasteiger partial charge in [0.2, 0.25) is 5.91 Å². The first kappa shape index (κ1) is 16.1. The zero-order valence-corrected chi connectivity index (χ0v) is 14.5. The summed E-state index contributed by atoms with van der Waals surface area (Å²) in [6, 6.07) is 8.71. The van der Waals surface area contributed by atoms with Crippen LogP contribution in [-0.4, -0.2) is 42.0 Å². The van der Waals surface area contributed by atoms with Crippen molar-refractivity contribution in [1.82, 2.24) is 15.2 Å². The first-order valence-corrected chi connectivity index (χ1v) is 8.99. The molecule has 1 aromatic carbocycles. The number of hydrogen-bond donors (Lipinski definition) is 1. The molecule has 1 aromatic heterocycles. The standard InChI is InChI=1S/C18H23N3OS/c1-13-3-5-14(6-4-13)18-20-15(12-23-18)11-17(22)21(2)16-7-9-19-10-8-16/h3-6,12,16,19H,7-11H2,1-2H3. The van der Waals surface area contributed by atoms with Crippen LogP contribution in [0, 0.1) is 6.92 Å². The number of aromatic nitrogens is 1. The summed E-state index contributed by atoms with van der Waals surface area (Å²) < 4.78 is 0. The minimum atomic E-state index is 0.164. The highest BCUT2D eigenvalue weighted by molar-refractivity contribution is 7.13. The Kier molecular flexibility index (Phi) is 5.08. The maximum Gasteiger partial charge on any atom is 0.228 e. The smallest absolute Gasteiger partial charge is 0.228 e. The van der Waals surface area contributed by atoms with E-state index in [1.54, 1.807) is 11.3 Å². The van der Waals surface area contributed by atoms with Crippen LogP contribution in [0.3, 0.4) is 0 Å². The molecule has 2 heterocycles. The highest BCUT2D eigenvalue weighted by Gasteiger charge is 2.22. The van der Waals surface area contributed by atoms with Crippen LogP contribution in [-0.2, 0) is 11.2 Å². The number of nitrogens with zero attached hydrogens (tertiary/aromatic N) is 2. The third kappa shape index (κ3) is 3.98. The van der Waals surface area contributed by atoms with E-state index in [9.17, 15) is 4.79 Å². The largest absolute Gasteiger partial charge is 0.342 e.